The predicted molar refractivity (Wildman–Crippen MR) is 40.9 cm³/mol. The number of rotatable bonds is 4. The van der Waals surface area contributed by atoms with Gasteiger partial charge in [-0.2, -0.15) is 18.7 Å². The van der Waals surface area contributed by atoms with Gasteiger partial charge >= 0.3 is 6.18 Å². The van der Waals surface area contributed by atoms with Crippen molar-refractivity contribution in [1.82, 2.24) is 15.4 Å². The fourth-order valence-electron chi connectivity index (χ4n) is 0.688. The molecule has 0 aliphatic heterocycles. The van der Waals surface area contributed by atoms with E-state index in [0.29, 0.717) is 5.56 Å². The minimum Gasteiger partial charge on any atom is -0.292 e. The van der Waals surface area contributed by atoms with Crippen molar-refractivity contribution in [2.24, 2.45) is 0 Å². The molecule has 0 fully saturated rings. The van der Waals surface area contributed by atoms with Gasteiger partial charge in [-0.05, 0) is 0 Å². The molecule has 0 atom stereocenters. The highest BCUT2D eigenvalue weighted by molar-refractivity contribution is 5.00. The van der Waals surface area contributed by atoms with Crippen molar-refractivity contribution in [2.45, 2.75) is 12.7 Å². The fraction of sp³-hybridized carbons (Fsp3) is 0.429. The molecule has 7 heteroatoms. The molecule has 0 saturated carbocycles. The second kappa shape index (κ2) is 4.87. The van der Waals surface area contributed by atoms with Crippen LogP contribution in [0.4, 0.5) is 13.2 Å². The van der Waals surface area contributed by atoms with Gasteiger partial charge in [0.15, 0.2) is 6.61 Å². The van der Waals surface area contributed by atoms with Crippen LogP contribution in [0.1, 0.15) is 5.56 Å². The number of aromatic nitrogens is 2. The standard InChI is InChI=1S/C7H8F3N3O/c8-7(9,10)4-14-13-3-6-1-11-5-12-2-6/h1-2,5,13H,3-4H2. The first kappa shape index (κ1) is 10.9. The van der Waals surface area contributed by atoms with Crippen molar-refractivity contribution in [1.29, 1.82) is 0 Å². The van der Waals surface area contributed by atoms with Crippen LogP contribution in [-0.2, 0) is 11.4 Å². The highest BCUT2D eigenvalue weighted by Crippen LogP contribution is 2.13. The highest BCUT2D eigenvalue weighted by atomic mass is 19.4. The van der Waals surface area contributed by atoms with E-state index in [2.05, 4.69) is 20.3 Å². The fourth-order valence-corrected chi connectivity index (χ4v) is 0.688. The Hall–Kier alpha value is -1.21. The average molecular weight is 207 g/mol. The maximum atomic E-state index is 11.6. The SMILES string of the molecule is FC(F)(F)CONCc1cncnc1. The lowest BCUT2D eigenvalue weighted by Gasteiger charge is -2.07. The minimum atomic E-state index is -4.32. The molecule has 0 bridgehead atoms. The third kappa shape index (κ3) is 4.73. The smallest absolute Gasteiger partial charge is 0.292 e. The first-order valence-corrected chi connectivity index (χ1v) is 3.73. The Kier molecular flexibility index (Phi) is 3.78. The summed E-state index contributed by atoms with van der Waals surface area (Å²) in [6, 6.07) is 0. The van der Waals surface area contributed by atoms with Crippen molar-refractivity contribution in [3.63, 3.8) is 0 Å². The lowest BCUT2D eigenvalue weighted by molar-refractivity contribution is -0.190. The Bertz CT molecular complexity index is 265. The molecule has 1 rings (SSSR count). The Labute approximate surface area is 78.1 Å². The molecule has 14 heavy (non-hydrogen) atoms. The molecule has 0 aliphatic carbocycles. The molecule has 4 nitrogen and oxygen atoms in total. The van der Waals surface area contributed by atoms with Crippen LogP contribution in [-0.4, -0.2) is 22.8 Å². The molecule has 78 valence electrons. The van der Waals surface area contributed by atoms with Crippen molar-refractivity contribution in [2.75, 3.05) is 6.61 Å². The number of hydrogen-bond donors (Lipinski definition) is 1. The Morgan fingerprint density at radius 1 is 1.29 bits per heavy atom. The molecular formula is C7H8F3N3O. The summed E-state index contributed by atoms with van der Waals surface area (Å²) in [5, 5.41) is 0. The van der Waals surface area contributed by atoms with Crippen molar-refractivity contribution < 1.29 is 18.0 Å². The number of hydroxylamine groups is 1. The van der Waals surface area contributed by atoms with Gasteiger partial charge in [-0.1, -0.05) is 0 Å². The zero-order valence-electron chi connectivity index (χ0n) is 7.08. The molecule has 1 heterocycles. The Morgan fingerprint density at radius 2 is 1.93 bits per heavy atom. The second-order valence-electron chi connectivity index (χ2n) is 2.47. The highest BCUT2D eigenvalue weighted by Gasteiger charge is 2.27. The molecule has 0 spiro atoms. The summed E-state index contributed by atoms with van der Waals surface area (Å²) in [6.45, 7) is -1.18. The van der Waals surface area contributed by atoms with E-state index in [-0.39, 0.29) is 6.54 Å². The van der Waals surface area contributed by atoms with Gasteiger partial charge in [-0.15, -0.1) is 0 Å². The summed E-state index contributed by atoms with van der Waals surface area (Å²) in [6.07, 6.45) is -0.0197. The molecule has 0 aromatic carbocycles. The molecule has 0 amide bonds. The predicted octanol–water partition coefficient (Wildman–Crippen LogP) is 1.06. The van der Waals surface area contributed by atoms with Crippen molar-refractivity contribution in [3.05, 3.63) is 24.3 Å². The van der Waals surface area contributed by atoms with Gasteiger partial charge in [-0.3, -0.25) is 4.84 Å². The molecule has 0 aliphatic rings. The first-order valence-electron chi connectivity index (χ1n) is 3.73. The van der Waals surface area contributed by atoms with E-state index in [4.69, 9.17) is 0 Å². The number of nitrogens with one attached hydrogen (secondary N) is 1. The normalized spacial score (nSPS) is 11.6. The molecule has 0 radical (unpaired) electrons. The zero-order chi connectivity index (χ0) is 10.4. The Balaban J connectivity index is 2.17. The monoisotopic (exact) mass is 207 g/mol. The first-order chi connectivity index (χ1) is 6.58. The van der Waals surface area contributed by atoms with Crippen LogP contribution >= 0.6 is 0 Å². The maximum absolute atomic E-state index is 11.6. The van der Waals surface area contributed by atoms with Gasteiger partial charge in [0, 0.05) is 24.5 Å². The molecular weight excluding hydrogens is 199 g/mol. The molecule has 1 aromatic heterocycles. The summed E-state index contributed by atoms with van der Waals surface area (Å²) < 4.78 is 34.8. The number of nitrogens with zero attached hydrogens (tertiary/aromatic N) is 2. The van der Waals surface area contributed by atoms with Crippen LogP contribution in [0.25, 0.3) is 0 Å². The number of halogens is 3. The molecule has 1 aromatic rings. The topological polar surface area (TPSA) is 47.0 Å². The van der Waals surface area contributed by atoms with Crippen LogP contribution in [0.15, 0.2) is 18.7 Å². The van der Waals surface area contributed by atoms with Crippen molar-refractivity contribution in [3.8, 4) is 0 Å². The van der Waals surface area contributed by atoms with Gasteiger partial charge in [0.25, 0.3) is 0 Å². The largest absolute Gasteiger partial charge is 0.413 e. The van der Waals surface area contributed by atoms with E-state index in [1.807, 2.05) is 0 Å². The molecule has 0 saturated heterocycles. The summed E-state index contributed by atoms with van der Waals surface area (Å²) in [5.74, 6) is 0. The zero-order valence-corrected chi connectivity index (χ0v) is 7.08. The van der Waals surface area contributed by atoms with E-state index < -0.39 is 12.8 Å². The number of alkyl halides is 3. The summed E-state index contributed by atoms with van der Waals surface area (Å²) >= 11 is 0. The summed E-state index contributed by atoms with van der Waals surface area (Å²) in [4.78, 5) is 11.5. The van der Waals surface area contributed by atoms with Gasteiger partial charge < -0.3 is 0 Å². The van der Waals surface area contributed by atoms with E-state index in [1.165, 1.54) is 18.7 Å². The van der Waals surface area contributed by atoms with E-state index >= 15 is 0 Å². The van der Waals surface area contributed by atoms with Crippen LogP contribution in [0.2, 0.25) is 0 Å². The summed E-state index contributed by atoms with van der Waals surface area (Å²) in [5.41, 5.74) is 2.81. The quantitative estimate of drug-likeness (QED) is 0.592. The number of hydrogen-bond acceptors (Lipinski definition) is 4. The van der Waals surface area contributed by atoms with Gasteiger partial charge in [-0.25, -0.2) is 9.97 Å². The minimum absolute atomic E-state index is 0.136. The van der Waals surface area contributed by atoms with Crippen LogP contribution in [0.3, 0.4) is 0 Å². The third-order valence-corrected chi connectivity index (χ3v) is 1.23. The Morgan fingerprint density at radius 3 is 2.50 bits per heavy atom. The van der Waals surface area contributed by atoms with Gasteiger partial charge in [0.1, 0.15) is 6.33 Å². The summed E-state index contributed by atoms with van der Waals surface area (Å²) in [7, 11) is 0. The van der Waals surface area contributed by atoms with Gasteiger partial charge in [0.05, 0.1) is 0 Å². The van der Waals surface area contributed by atoms with Gasteiger partial charge in [0.2, 0.25) is 0 Å². The van der Waals surface area contributed by atoms with Crippen molar-refractivity contribution >= 4 is 0 Å². The average Bonchev–Trinajstić information content (AvgIpc) is 2.13. The second-order valence-corrected chi connectivity index (χ2v) is 2.47. The third-order valence-electron chi connectivity index (χ3n) is 1.23. The van der Waals surface area contributed by atoms with E-state index in [9.17, 15) is 13.2 Å². The van der Waals surface area contributed by atoms with E-state index in [0.717, 1.165) is 0 Å². The lowest BCUT2D eigenvalue weighted by Crippen LogP contribution is -2.24. The van der Waals surface area contributed by atoms with E-state index in [1.54, 1.807) is 0 Å². The molecule has 0 unspecified atom stereocenters. The lowest BCUT2D eigenvalue weighted by atomic mass is 10.3. The van der Waals surface area contributed by atoms with Crippen LogP contribution in [0.5, 0.6) is 0 Å². The van der Waals surface area contributed by atoms with Crippen LogP contribution < -0.4 is 5.48 Å². The van der Waals surface area contributed by atoms with Crippen LogP contribution in [0, 0.1) is 0 Å². The maximum Gasteiger partial charge on any atom is 0.413 e. The molecule has 1 N–H and O–H groups in total.